The van der Waals surface area contributed by atoms with Crippen LogP contribution in [0.5, 0.6) is 5.75 Å². The van der Waals surface area contributed by atoms with Gasteiger partial charge in [-0.15, -0.1) is 0 Å². The van der Waals surface area contributed by atoms with Crippen molar-refractivity contribution in [1.82, 2.24) is 13.9 Å². The van der Waals surface area contributed by atoms with Crippen molar-refractivity contribution in [3.8, 4) is 5.75 Å². The van der Waals surface area contributed by atoms with Crippen LogP contribution in [0.4, 0.5) is 0 Å². The Morgan fingerprint density at radius 3 is 1.97 bits per heavy atom. The molecule has 0 radical (unpaired) electrons. The van der Waals surface area contributed by atoms with E-state index >= 15 is 0 Å². The number of nitrogens with zero attached hydrogens (tertiary/aromatic N) is 2. The third kappa shape index (κ3) is 6.02. The molecule has 1 aliphatic rings. The van der Waals surface area contributed by atoms with Crippen LogP contribution in [-0.2, 0) is 31.3 Å². The molecule has 1 saturated heterocycles. The highest BCUT2D eigenvalue weighted by Crippen LogP contribution is 2.25. The third-order valence-corrected chi connectivity index (χ3v) is 10.0. The number of carbonyl (C=O) groups is 1. The van der Waals surface area contributed by atoms with E-state index in [1.807, 2.05) is 24.3 Å². The minimum atomic E-state index is -4.04. The molecule has 1 amide bonds. The van der Waals surface area contributed by atoms with Gasteiger partial charge in [0.05, 0.1) is 16.9 Å². The van der Waals surface area contributed by atoms with Gasteiger partial charge in [0.25, 0.3) is 0 Å². The first-order chi connectivity index (χ1) is 17.7. The van der Waals surface area contributed by atoms with Gasteiger partial charge in [0.2, 0.25) is 26.0 Å². The maximum atomic E-state index is 13.5. The van der Waals surface area contributed by atoms with E-state index in [0.717, 1.165) is 15.6 Å². The maximum absolute atomic E-state index is 13.5. The van der Waals surface area contributed by atoms with Gasteiger partial charge in [-0.3, -0.25) is 4.79 Å². The van der Waals surface area contributed by atoms with E-state index in [1.54, 1.807) is 43.5 Å². The molecule has 0 aliphatic carbocycles. The van der Waals surface area contributed by atoms with Crippen LogP contribution in [0.2, 0.25) is 0 Å². The van der Waals surface area contributed by atoms with Crippen LogP contribution in [0, 0.1) is 0 Å². The van der Waals surface area contributed by atoms with E-state index in [9.17, 15) is 21.6 Å². The second-order valence-electron chi connectivity index (χ2n) is 8.51. The Bertz CT molecular complexity index is 1410. The van der Waals surface area contributed by atoms with Crippen LogP contribution >= 0.6 is 0 Å². The number of nitrogens with one attached hydrogen (secondary N) is 1. The topological polar surface area (TPSA) is 113 Å². The van der Waals surface area contributed by atoms with E-state index in [-0.39, 0.29) is 36.0 Å². The molecule has 0 saturated carbocycles. The molecule has 0 unspecified atom stereocenters. The largest absolute Gasteiger partial charge is 0.497 e. The molecule has 1 atom stereocenters. The Morgan fingerprint density at radius 2 is 1.41 bits per heavy atom. The summed E-state index contributed by atoms with van der Waals surface area (Å²) in [5.41, 5.74) is 0.965. The Balaban J connectivity index is 1.55. The molecule has 11 heteroatoms. The predicted octanol–water partition coefficient (Wildman–Crippen LogP) is 2.12. The summed E-state index contributed by atoms with van der Waals surface area (Å²) in [6.07, 6.45) is 0.514. The first-order valence-electron chi connectivity index (χ1n) is 11.8. The van der Waals surface area contributed by atoms with Crippen molar-refractivity contribution in [2.45, 2.75) is 22.3 Å². The zero-order chi connectivity index (χ0) is 26.5. The van der Waals surface area contributed by atoms with Crippen LogP contribution in [0.15, 0.2) is 94.7 Å². The molecule has 196 valence electrons. The van der Waals surface area contributed by atoms with Gasteiger partial charge in [0, 0.05) is 26.2 Å². The Labute approximate surface area is 217 Å². The number of hydrogen-bond acceptors (Lipinski definition) is 6. The van der Waals surface area contributed by atoms with Crippen molar-refractivity contribution in [1.29, 1.82) is 0 Å². The number of methoxy groups -OCH3 is 1. The maximum Gasteiger partial charge on any atom is 0.243 e. The van der Waals surface area contributed by atoms with Crippen molar-refractivity contribution in [3.63, 3.8) is 0 Å². The zero-order valence-electron chi connectivity index (χ0n) is 20.4. The van der Waals surface area contributed by atoms with Gasteiger partial charge in [-0.2, -0.15) is 8.61 Å². The molecule has 0 spiro atoms. The van der Waals surface area contributed by atoms with Gasteiger partial charge >= 0.3 is 0 Å². The summed E-state index contributed by atoms with van der Waals surface area (Å²) in [5.74, 6) is 0.164. The van der Waals surface area contributed by atoms with E-state index in [4.69, 9.17) is 4.74 Å². The van der Waals surface area contributed by atoms with Gasteiger partial charge in [-0.05, 0) is 48.4 Å². The highest BCUT2D eigenvalue weighted by molar-refractivity contribution is 7.89. The highest BCUT2D eigenvalue weighted by atomic mass is 32.2. The van der Waals surface area contributed by atoms with Crippen LogP contribution in [0.25, 0.3) is 0 Å². The molecule has 3 aromatic carbocycles. The molecule has 9 nitrogen and oxygen atoms in total. The fourth-order valence-electron chi connectivity index (χ4n) is 4.17. The average molecular weight is 544 g/mol. The van der Waals surface area contributed by atoms with Gasteiger partial charge in [0.15, 0.2) is 0 Å². The molecule has 0 aromatic heterocycles. The lowest BCUT2D eigenvalue weighted by Crippen LogP contribution is -2.61. The Kier molecular flexibility index (Phi) is 8.28. The van der Waals surface area contributed by atoms with E-state index < -0.39 is 32.0 Å². The highest BCUT2D eigenvalue weighted by Gasteiger charge is 2.43. The second kappa shape index (κ2) is 11.4. The van der Waals surface area contributed by atoms with Crippen molar-refractivity contribution in [2.24, 2.45) is 0 Å². The van der Waals surface area contributed by atoms with E-state index in [1.165, 1.54) is 28.6 Å². The fourth-order valence-corrected chi connectivity index (χ4v) is 7.22. The zero-order valence-corrected chi connectivity index (χ0v) is 22.0. The molecule has 1 heterocycles. The summed E-state index contributed by atoms with van der Waals surface area (Å²) in [6.45, 7) is -0.261. The first kappa shape index (κ1) is 26.8. The molecule has 4 rings (SSSR count). The van der Waals surface area contributed by atoms with E-state index in [0.29, 0.717) is 6.42 Å². The molecule has 0 bridgehead atoms. The minimum Gasteiger partial charge on any atom is -0.497 e. The van der Waals surface area contributed by atoms with Gasteiger partial charge < -0.3 is 10.1 Å². The third-order valence-electron chi connectivity index (χ3n) is 6.20. The van der Waals surface area contributed by atoms with Gasteiger partial charge in [-0.1, -0.05) is 48.5 Å². The lowest BCUT2D eigenvalue weighted by Gasteiger charge is -2.39. The molecular weight excluding hydrogens is 514 g/mol. The van der Waals surface area contributed by atoms with Crippen LogP contribution in [0.1, 0.15) is 5.56 Å². The monoisotopic (exact) mass is 543 g/mol. The summed E-state index contributed by atoms with van der Waals surface area (Å²) in [7, 11) is -6.37. The fraction of sp³-hybridized carbons (Fsp3) is 0.269. The lowest BCUT2D eigenvalue weighted by atomic mass is 10.1. The Hall–Kier alpha value is -3.25. The normalized spacial score (nSPS) is 17.3. The van der Waals surface area contributed by atoms with Gasteiger partial charge in [0.1, 0.15) is 11.8 Å². The quantitative estimate of drug-likeness (QED) is 0.442. The molecule has 37 heavy (non-hydrogen) atoms. The molecule has 3 aromatic rings. The lowest BCUT2D eigenvalue weighted by molar-refractivity contribution is -0.125. The van der Waals surface area contributed by atoms with Crippen molar-refractivity contribution < 1.29 is 26.4 Å². The van der Waals surface area contributed by atoms with Crippen molar-refractivity contribution in [2.75, 3.05) is 33.3 Å². The summed E-state index contributed by atoms with van der Waals surface area (Å²) >= 11 is 0. The number of amides is 1. The van der Waals surface area contributed by atoms with Crippen molar-refractivity contribution >= 4 is 26.0 Å². The number of hydrogen-bond donors (Lipinski definition) is 1. The second-order valence-corrected chi connectivity index (χ2v) is 12.3. The number of ether oxygens (including phenoxy) is 1. The Morgan fingerprint density at radius 1 is 0.838 bits per heavy atom. The van der Waals surface area contributed by atoms with E-state index in [2.05, 4.69) is 5.32 Å². The van der Waals surface area contributed by atoms with Crippen LogP contribution < -0.4 is 10.1 Å². The van der Waals surface area contributed by atoms with Crippen LogP contribution in [-0.4, -0.2) is 70.7 Å². The van der Waals surface area contributed by atoms with Crippen molar-refractivity contribution in [3.05, 3.63) is 90.5 Å². The summed E-state index contributed by atoms with van der Waals surface area (Å²) in [4.78, 5) is 13.5. The smallest absolute Gasteiger partial charge is 0.243 e. The standard InChI is InChI=1S/C26H29N3O6S2/c1-35-22-14-12-21(13-15-22)16-17-27-26(30)25-20-28(36(31,32)23-8-4-2-5-9-23)18-19-29(25)37(33,34)24-10-6-3-7-11-24/h2-15,25H,16-20H2,1H3,(H,27,30)/t25-/m1/s1. The summed E-state index contributed by atoms with van der Waals surface area (Å²) < 4.78 is 60.8. The van der Waals surface area contributed by atoms with Crippen LogP contribution in [0.3, 0.4) is 0 Å². The summed E-state index contributed by atoms with van der Waals surface area (Å²) in [5, 5.41) is 2.80. The van der Waals surface area contributed by atoms with Gasteiger partial charge in [-0.25, -0.2) is 16.8 Å². The number of rotatable bonds is 9. The summed E-state index contributed by atoms with van der Waals surface area (Å²) in [6, 6.07) is 21.9. The first-order valence-corrected chi connectivity index (χ1v) is 14.6. The predicted molar refractivity (Wildman–Crippen MR) is 139 cm³/mol. The molecule has 1 N–H and O–H groups in total. The minimum absolute atomic E-state index is 0.0467. The molecule has 1 fully saturated rings. The average Bonchev–Trinajstić information content (AvgIpc) is 2.94. The molecule has 1 aliphatic heterocycles. The number of carbonyl (C=O) groups excluding carboxylic acids is 1. The number of piperazine rings is 1. The molecular formula is C26H29N3O6S2. The number of sulfonamides is 2. The SMILES string of the molecule is COc1ccc(CCNC(=O)[C@H]2CN(S(=O)(=O)c3ccccc3)CCN2S(=O)(=O)c2ccccc2)cc1. The number of benzene rings is 3.